The maximum Gasteiger partial charge on any atom is 0.251 e. The number of allylic oxidation sites excluding steroid dienone is 2. The molecule has 3 atom stereocenters. The highest BCUT2D eigenvalue weighted by Gasteiger charge is 2.38. The van der Waals surface area contributed by atoms with Crippen molar-refractivity contribution in [1.82, 2.24) is 5.32 Å². The minimum atomic E-state index is -0.242. The van der Waals surface area contributed by atoms with Crippen LogP contribution in [0.2, 0.25) is 0 Å². The Bertz CT molecular complexity index is 896. The highest BCUT2D eigenvalue weighted by atomic mass is 79.9. The zero-order valence-corrected chi connectivity index (χ0v) is 17.5. The van der Waals surface area contributed by atoms with Crippen molar-refractivity contribution in [2.24, 2.45) is 5.92 Å². The van der Waals surface area contributed by atoms with Crippen LogP contribution in [0.25, 0.3) is 0 Å². The number of hydrogen-bond acceptors (Lipinski definition) is 2. The molecule has 1 aliphatic carbocycles. The number of carbonyl (C=O) groups excluding carboxylic acids is 1. The Kier molecular flexibility index (Phi) is 4.63. The van der Waals surface area contributed by atoms with Crippen LogP contribution < -0.4 is 10.6 Å². The minimum absolute atomic E-state index is 0.0149. The Hall–Kier alpha value is -2.07. The van der Waals surface area contributed by atoms with Gasteiger partial charge in [-0.05, 0) is 74.6 Å². The summed E-state index contributed by atoms with van der Waals surface area (Å²) in [5.74, 6) is 0.802. The molecule has 27 heavy (non-hydrogen) atoms. The molecule has 4 rings (SSSR count). The largest absolute Gasteiger partial charge is 0.378 e. The molecule has 3 nitrogen and oxygen atoms in total. The van der Waals surface area contributed by atoms with Gasteiger partial charge in [0.1, 0.15) is 0 Å². The van der Waals surface area contributed by atoms with E-state index in [2.05, 4.69) is 75.1 Å². The average molecular weight is 425 g/mol. The number of nitrogens with one attached hydrogen (secondary N) is 2. The lowest BCUT2D eigenvalue weighted by Crippen LogP contribution is -2.40. The van der Waals surface area contributed by atoms with Crippen LogP contribution in [0.15, 0.2) is 59.1 Å². The van der Waals surface area contributed by atoms with Crippen molar-refractivity contribution in [3.8, 4) is 0 Å². The molecular formula is C23H25BrN2O. The summed E-state index contributed by atoms with van der Waals surface area (Å²) in [4.78, 5) is 12.6. The molecule has 0 fully saturated rings. The third kappa shape index (κ3) is 3.68. The average Bonchev–Trinajstić information content (AvgIpc) is 3.10. The van der Waals surface area contributed by atoms with Gasteiger partial charge in [-0.3, -0.25) is 4.79 Å². The number of fused-ring (bicyclic) bond motifs is 3. The Morgan fingerprint density at radius 1 is 1.15 bits per heavy atom. The maximum atomic E-state index is 12.6. The molecule has 3 unspecified atom stereocenters. The second-order valence-electron chi connectivity index (χ2n) is 8.53. The zero-order chi connectivity index (χ0) is 19.2. The molecule has 1 heterocycles. The van der Waals surface area contributed by atoms with Crippen molar-refractivity contribution < 1.29 is 4.79 Å². The van der Waals surface area contributed by atoms with Crippen molar-refractivity contribution in [3.05, 3.63) is 75.8 Å². The number of carbonyl (C=O) groups is 1. The number of halogens is 1. The third-order valence-electron chi connectivity index (χ3n) is 5.34. The van der Waals surface area contributed by atoms with Gasteiger partial charge in [-0.2, -0.15) is 0 Å². The van der Waals surface area contributed by atoms with Gasteiger partial charge >= 0.3 is 0 Å². The van der Waals surface area contributed by atoms with E-state index in [-0.39, 0.29) is 17.5 Å². The third-order valence-corrected chi connectivity index (χ3v) is 5.87. The number of benzene rings is 2. The topological polar surface area (TPSA) is 41.1 Å². The molecule has 2 aliphatic rings. The fraction of sp³-hybridized carbons (Fsp3) is 0.348. The van der Waals surface area contributed by atoms with E-state index in [0.717, 1.165) is 22.1 Å². The van der Waals surface area contributed by atoms with Crippen molar-refractivity contribution in [1.29, 1.82) is 0 Å². The van der Waals surface area contributed by atoms with Gasteiger partial charge in [0.2, 0.25) is 0 Å². The predicted octanol–water partition coefficient (Wildman–Crippen LogP) is 5.80. The fourth-order valence-electron chi connectivity index (χ4n) is 4.15. The first-order valence-electron chi connectivity index (χ1n) is 9.47. The fourth-order valence-corrected chi connectivity index (χ4v) is 4.41. The van der Waals surface area contributed by atoms with Gasteiger partial charge in [0.15, 0.2) is 0 Å². The minimum Gasteiger partial charge on any atom is -0.378 e. The molecule has 0 radical (unpaired) electrons. The Balaban J connectivity index is 1.67. The molecule has 1 amide bonds. The maximum absolute atomic E-state index is 12.6. The molecule has 0 saturated carbocycles. The molecular weight excluding hydrogens is 400 g/mol. The van der Waals surface area contributed by atoms with Crippen LogP contribution in [0.3, 0.4) is 0 Å². The molecule has 1 aliphatic heterocycles. The number of anilines is 1. The van der Waals surface area contributed by atoms with E-state index in [4.69, 9.17) is 0 Å². The smallest absolute Gasteiger partial charge is 0.251 e. The lowest BCUT2D eigenvalue weighted by Gasteiger charge is -2.37. The molecule has 0 aromatic heterocycles. The van der Waals surface area contributed by atoms with Crippen LogP contribution in [0.5, 0.6) is 0 Å². The van der Waals surface area contributed by atoms with E-state index < -0.39 is 0 Å². The van der Waals surface area contributed by atoms with Gasteiger partial charge in [0.25, 0.3) is 5.91 Å². The second kappa shape index (κ2) is 6.83. The highest BCUT2D eigenvalue weighted by molar-refractivity contribution is 9.10. The summed E-state index contributed by atoms with van der Waals surface area (Å²) >= 11 is 3.52. The van der Waals surface area contributed by atoms with Crippen molar-refractivity contribution >= 4 is 27.5 Å². The normalized spacial score (nSPS) is 23.3. The first-order chi connectivity index (χ1) is 12.8. The molecule has 140 valence electrons. The van der Waals surface area contributed by atoms with E-state index >= 15 is 0 Å². The van der Waals surface area contributed by atoms with Gasteiger partial charge in [0, 0.05) is 27.2 Å². The van der Waals surface area contributed by atoms with Crippen molar-refractivity contribution in [2.75, 3.05) is 5.32 Å². The van der Waals surface area contributed by atoms with Gasteiger partial charge in [0.05, 0.1) is 6.04 Å². The summed E-state index contributed by atoms with van der Waals surface area (Å²) in [6.07, 6.45) is 5.64. The van der Waals surface area contributed by atoms with E-state index in [9.17, 15) is 4.79 Å². The first-order valence-corrected chi connectivity index (χ1v) is 10.3. The van der Waals surface area contributed by atoms with Gasteiger partial charge in [-0.15, -0.1) is 0 Å². The molecule has 0 spiro atoms. The molecule has 0 saturated heterocycles. The Morgan fingerprint density at radius 2 is 1.89 bits per heavy atom. The van der Waals surface area contributed by atoms with Crippen LogP contribution >= 0.6 is 15.9 Å². The quantitative estimate of drug-likeness (QED) is 0.597. The molecule has 2 aromatic carbocycles. The predicted molar refractivity (Wildman–Crippen MR) is 114 cm³/mol. The van der Waals surface area contributed by atoms with Crippen LogP contribution in [-0.2, 0) is 0 Å². The van der Waals surface area contributed by atoms with Crippen LogP contribution in [-0.4, -0.2) is 11.4 Å². The molecule has 2 N–H and O–H groups in total. The lowest BCUT2D eigenvalue weighted by atomic mass is 9.76. The summed E-state index contributed by atoms with van der Waals surface area (Å²) in [5, 5.41) is 6.79. The van der Waals surface area contributed by atoms with Crippen LogP contribution in [0, 0.1) is 5.92 Å². The molecule has 0 bridgehead atoms. The van der Waals surface area contributed by atoms with Gasteiger partial charge in [-0.1, -0.05) is 40.2 Å². The summed E-state index contributed by atoms with van der Waals surface area (Å²) in [6.45, 7) is 6.01. The summed E-state index contributed by atoms with van der Waals surface area (Å²) in [5.41, 5.74) is 4.14. The van der Waals surface area contributed by atoms with Crippen molar-refractivity contribution in [2.45, 2.75) is 44.7 Å². The summed E-state index contributed by atoms with van der Waals surface area (Å²) in [7, 11) is 0. The second-order valence-corrected chi connectivity index (χ2v) is 9.45. The van der Waals surface area contributed by atoms with Crippen molar-refractivity contribution in [3.63, 3.8) is 0 Å². The Morgan fingerprint density at radius 3 is 2.59 bits per heavy atom. The number of amides is 1. The number of rotatable bonds is 2. The van der Waals surface area contributed by atoms with E-state index in [1.165, 1.54) is 11.1 Å². The SMILES string of the molecule is CC(C)(C)NC(=O)c1ccc2c(c1)C1C=CCC1C(c1ccc(Br)cc1)N2. The molecule has 4 heteroatoms. The zero-order valence-electron chi connectivity index (χ0n) is 15.9. The lowest BCUT2D eigenvalue weighted by molar-refractivity contribution is 0.0919. The standard InChI is InChI=1S/C23H25BrN2O/c1-23(2,3)26-22(27)15-9-12-20-19(13-15)17-5-4-6-18(17)21(25-20)14-7-10-16(24)11-8-14/h4-5,7-13,17-18,21,25H,6H2,1-3H3,(H,26,27). The highest BCUT2D eigenvalue weighted by Crippen LogP contribution is 2.50. The van der Waals surface area contributed by atoms with E-state index in [0.29, 0.717) is 11.8 Å². The Labute approximate surface area is 169 Å². The van der Waals surface area contributed by atoms with Crippen LogP contribution in [0.1, 0.15) is 60.6 Å². The summed E-state index contributed by atoms with van der Waals surface area (Å²) in [6, 6.07) is 14.9. The number of hydrogen-bond donors (Lipinski definition) is 2. The first kappa shape index (κ1) is 18.3. The van der Waals surface area contributed by atoms with Crippen LogP contribution in [0.4, 0.5) is 5.69 Å². The monoisotopic (exact) mass is 424 g/mol. The van der Waals surface area contributed by atoms with Gasteiger partial charge < -0.3 is 10.6 Å². The van der Waals surface area contributed by atoms with E-state index in [1.807, 2.05) is 26.8 Å². The summed E-state index contributed by atoms with van der Waals surface area (Å²) < 4.78 is 1.10. The molecule has 2 aromatic rings. The van der Waals surface area contributed by atoms with Gasteiger partial charge in [-0.25, -0.2) is 0 Å². The van der Waals surface area contributed by atoms with E-state index in [1.54, 1.807) is 0 Å².